The molecule has 0 fully saturated rings. The number of nitrogens with zero attached hydrogens (tertiary/aromatic N) is 2. The quantitative estimate of drug-likeness (QED) is 0.262. The second kappa shape index (κ2) is 9.82. The van der Waals surface area contributed by atoms with E-state index in [2.05, 4.69) is 9.88 Å². The summed E-state index contributed by atoms with van der Waals surface area (Å²) in [5.74, 6) is -0.428. The molecule has 1 heterocycles. The number of fused-ring (bicyclic) bond motifs is 1. The van der Waals surface area contributed by atoms with Crippen LogP contribution in [-0.4, -0.2) is 17.6 Å². The molecule has 1 N–H and O–H groups in total. The highest BCUT2D eigenvalue weighted by Crippen LogP contribution is 2.30. The van der Waals surface area contributed by atoms with Gasteiger partial charge in [-0.1, -0.05) is 41.9 Å². The number of methoxy groups -OCH3 is 1. The van der Waals surface area contributed by atoms with Gasteiger partial charge in [0.05, 0.1) is 12.8 Å². The maximum Gasteiger partial charge on any atom is 0.266 e. The molecule has 0 bridgehead atoms. The number of carbonyl (C=O) groups excluding carboxylic acids is 1. The summed E-state index contributed by atoms with van der Waals surface area (Å²) >= 11 is 6.05. The Kier molecular flexibility index (Phi) is 6.67. The van der Waals surface area contributed by atoms with Gasteiger partial charge in [0, 0.05) is 33.7 Å². The van der Waals surface area contributed by atoms with Crippen LogP contribution in [0.2, 0.25) is 5.02 Å². The highest BCUT2D eigenvalue weighted by Gasteiger charge is 2.17. The van der Waals surface area contributed by atoms with E-state index in [9.17, 15) is 14.4 Å². The number of carbonyl (C=O) groups is 1. The second-order valence-electron chi connectivity index (χ2n) is 7.70. The maximum atomic E-state index is 13.3. The van der Waals surface area contributed by atoms with E-state index in [4.69, 9.17) is 16.3 Å². The number of benzene rings is 3. The molecule has 4 aromatic rings. The molecule has 0 saturated carbocycles. The molecule has 0 radical (unpaired) electrons. The number of nitrogens with one attached hydrogen (secondary N) is 1. The Hall–Kier alpha value is -4.08. The number of nitriles is 1. The average molecular weight is 474 g/mol. The van der Waals surface area contributed by atoms with Crippen LogP contribution < -0.4 is 10.1 Å². The molecule has 7 heteroatoms. The topological polar surface area (TPSA) is 67.0 Å². The third-order valence-electron chi connectivity index (χ3n) is 5.60. The fourth-order valence-corrected chi connectivity index (χ4v) is 4.05. The number of ether oxygens (including phenoxy) is 1. The number of rotatable bonds is 6. The highest BCUT2D eigenvalue weighted by molar-refractivity contribution is 6.31. The summed E-state index contributed by atoms with van der Waals surface area (Å²) in [5.41, 5.74) is 3.84. The van der Waals surface area contributed by atoms with E-state index in [1.807, 2.05) is 37.3 Å². The van der Waals surface area contributed by atoms with Crippen LogP contribution in [0.1, 0.15) is 16.8 Å². The first-order valence-corrected chi connectivity index (χ1v) is 10.9. The van der Waals surface area contributed by atoms with E-state index in [1.54, 1.807) is 36.4 Å². The van der Waals surface area contributed by atoms with E-state index < -0.39 is 5.91 Å². The van der Waals surface area contributed by atoms with E-state index >= 15 is 0 Å². The molecule has 1 amide bonds. The summed E-state index contributed by atoms with van der Waals surface area (Å²) in [6.07, 6.45) is 1.59. The summed E-state index contributed by atoms with van der Waals surface area (Å²) in [6, 6.07) is 21.0. The van der Waals surface area contributed by atoms with Crippen molar-refractivity contribution < 1.29 is 13.9 Å². The van der Waals surface area contributed by atoms with Gasteiger partial charge in [0.25, 0.3) is 5.91 Å². The first-order valence-electron chi connectivity index (χ1n) is 10.5. The molecule has 1 aromatic heterocycles. The molecule has 0 aliphatic carbocycles. The van der Waals surface area contributed by atoms with Gasteiger partial charge in [-0.05, 0) is 55.0 Å². The minimum Gasteiger partial charge on any atom is -0.495 e. The zero-order valence-electron chi connectivity index (χ0n) is 18.6. The average Bonchev–Trinajstić information content (AvgIpc) is 3.09. The first kappa shape index (κ1) is 23.1. The smallest absolute Gasteiger partial charge is 0.266 e. The first-order chi connectivity index (χ1) is 16.4. The van der Waals surface area contributed by atoms with Gasteiger partial charge in [-0.3, -0.25) is 4.79 Å². The van der Waals surface area contributed by atoms with E-state index in [-0.39, 0.29) is 11.4 Å². The number of aromatic nitrogens is 1. The largest absolute Gasteiger partial charge is 0.495 e. The Morgan fingerprint density at radius 3 is 2.62 bits per heavy atom. The number of hydrogen-bond donors (Lipinski definition) is 1. The molecule has 3 aromatic carbocycles. The number of halogens is 2. The summed E-state index contributed by atoms with van der Waals surface area (Å²) in [4.78, 5) is 13.0. The standard InChI is InChI=1S/C27H21ClFN3O2/c1-17-23(13-19(15-30)27(33)31-24-14-20(28)9-12-26(24)34-2)22-5-3-4-6-25(22)32(17)16-18-7-10-21(29)11-8-18/h3-14H,16H2,1-2H3,(H,31,33)/b19-13+. The van der Waals surface area contributed by atoms with Crippen LogP contribution in [-0.2, 0) is 11.3 Å². The fraction of sp³-hybridized carbons (Fsp3) is 0.111. The van der Waals surface area contributed by atoms with Crippen molar-refractivity contribution in [1.29, 1.82) is 5.26 Å². The van der Waals surface area contributed by atoms with Gasteiger partial charge in [-0.15, -0.1) is 0 Å². The van der Waals surface area contributed by atoms with Gasteiger partial charge in [0.1, 0.15) is 23.2 Å². The SMILES string of the molecule is COc1ccc(Cl)cc1NC(=O)/C(C#N)=C/c1c(C)n(Cc2ccc(F)cc2)c2ccccc12. The highest BCUT2D eigenvalue weighted by atomic mass is 35.5. The summed E-state index contributed by atoms with van der Waals surface area (Å²) < 4.78 is 20.7. The predicted molar refractivity (Wildman–Crippen MR) is 132 cm³/mol. The minimum atomic E-state index is -0.571. The van der Waals surface area contributed by atoms with Crippen LogP contribution in [0.4, 0.5) is 10.1 Å². The monoisotopic (exact) mass is 473 g/mol. The Morgan fingerprint density at radius 1 is 1.18 bits per heavy atom. The maximum absolute atomic E-state index is 13.3. The normalized spacial score (nSPS) is 11.3. The van der Waals surface area contributed by atoms with Crippen molar-refractivity contribution in [3.8, 4) is 11.8 Å². The van der Waals surface area contributed by atoms with Crippen LogP contribution >= 0.6 is 11.6 Å². The molecule has 0 spiro atoms. The number of hydrogen-bond acceptors (Lipinski definition) is 3. The van der Waals surface area contributed by atoms with Gasteiger partial charge in [-0.25, -0.2) is 4.39 Å². The third kappa shape index (κ3) is 4.66. The lowest BCUT2D eigenvalue weighted by Gasteiger charge is -2.10. The van der Waals surface area contributed by atoms with Crippen molar-refractivity contribution in [3.63, 3.8) is 0 Å². The molecule has 34 heavy (non-hydrogen) atoms. The molecule has 0 saturated heterocycles. The lowest BCUT2D eigenvalue weighted by atomic mass is 10.1. The predicted octanol–water partition coefficient (Wildman–Crippen LogP) is 6.34. The van der Waals surface area contributed by atoms with Gasteiger partial charge >= 0.3 is 0 Å². The van der Waals surface area contributed by atoms with Crippen molar-refractivity contribution in [2.24, 2.45) is 0 Å². The summed E-state index contributed by atoms with van der Waals surface area (Å²) in [7, 11) is 1.49. The molecule has 0 atom stereocenters. The Balaban J connectivity index is 1.74. The molecule has 0 unspecified atom stereocenters. The van der Waals surface area contributed by atoms with Gasteiger partial charge < -0.3 is 14.6 Å². The Labute approximate surface area is 201 Å². The summed E-state index contributed by atoms with van der Waals surface area (Å²) in [5, 5.41) is 13.8. The molecule has 170 valence electrons. The minimum absolute atomic E-state index is 0.0604. The van der Waals surface area contributed by atoms with Crippen LogP contribution in [0.15, 0.2) is 72.3 Å². The van der Waals surface area contributed by atoms with Crippen molar-refractivity contribution in [3.05, 3.63) is 100.0 Å². The van der Waals surface area contributed by atoms with Gasteiger partial charge in [0.15, 0.2) is 0 Å². The zero-order chi connectivity index (χ0) is 24.2. The molecular formula is C27H21ClFN3O2. The molecule has 0 aliphatic heterocycles. The van der Waals surface area contributed by atoms with E-state index in [0.29, 0.717) is 23.0 Å². The van der Waals surface area contributed by atoms with Crippen molar-refractivity contribution in [2.75, 3.05) is 12.4 Å². The van der Waals surface area contributed by atoms with Crippen LogP contribution in [0.5, 0.6) is 5.75 Å². The Bertz CT molecular complexity index is 1450. The fourth-order valence-electron chi connectivity index (χ4n) is 3.88. The second-order valence-corrected chi connectivity index (χ2v) is 8.13. The van der Waals surface area contributed by atoms with E-state index in [1.165, 1.54) is 19.2 Å². The third-order valence-corrected chi connectivity index (χ3v) is 5.83. The number of anilines is 1. The van der Waals surface area contributed by atoms with E-state index in [0.717, 1.165) is 27.7 Å². The van der Waals surface area contributed by atoms with Gasteiger partial charge in [-0.2, -0.15) is 5.26 Å². The number of para-hydroxylation sites is 1. The van der Waals surface area contributed by atoms with Crippen LogP contribution in [0.3, 0.4) is 0 Å². The molecular weight excluding hydrogens is 453 g/mol. The number of amides is 1. The van der Waals surface area contributed by atoms with Gasteiger partial charge in [0.2, 0.25) is 0 Å². The lowest BCUT2D eigenvalue weighted by molar-refractivity contribution is -0.112. The van der Waals surface area contributed by atoms with Crippen LogP contribution in [0, 0.1) is 24.1 Å². The zero-order valence-corrected chi connectivity index (χ0v) is 19.4. The van der Waals surface area contributed by atoms with Crippen molar-refractivity contribution in [1.82, 2.24) is 4.57 Å². The van der Waals surface area contributed by atoms with Crippen molar-refractivity contribution in [2.45, 2.75) is 13.5 Å². The Morgan fingerprint density at radius 2 is 1.91 bits per heavy atom. The lowest BCUT2D eigenvalue weighted by Crippen LogP contribution is -2.14. The molecule has 4 rings (SSSR count). The summed E-state index contributed by atoms with van der Waals surface area (Å²) in [6.45, 7) is 2.45. The molecule has 5 nitrogen and oxygen atoms in total. The van der Waals surface area contributed by atoms with Crippen molar-refractivity contribution >= 4 is 40.2 Å². The molecule has 0 aliphatic rings. The van der Waals surface area contributed by atoms with Crippen LogP contribution in [0.25, 0.3) is 17.0 Å².